The maximum Gasteiger partial charge on any atom is 0.418 e. The molecule has 4 nitrogen and oxygen atoms in total. The summed E-state index contributed by atoms with van der Waals surface area (Å²) in [5.74, 6) is -1.99. The van der Waals surface area contributed by atoms with E-state index in [4.69, 9.17) is 4.74 Å². The van der Waals surface area contributed by atoms with E-state index < -0.39 is 49.4 Å². The molecule has 182 valence electrons. The van der Waals surface area contributed by atoms with Crippen LogP contribution in [0.25, 0.3) is 0 Å². The Bertz CT molecular complexity index is 906. The molecule has 2 aromatic carbocycles. The van der Waals surface area contributed by atoms with E-state index in [1.165, 1.54) is 7.11 Å². The van der Waals surface area contributed by atoms with E-state index in [1.807, 2.05) is 30.3 Å². The summed E-state index contributed by atoms with van der Waals surface area (Å²) in [6.07, 6.45) is -11.5. The molecule has 3 rings (SSSR count). The molecular formula is C23H26F6N2O2. The van der Waals surface area contributed by atoms with Crippen LogP contribution in [0.3, 0.4) is 0 Å². The van der Waals surface area contributed by atoms with Gasteiger partial charge in [-0.2, -0.15) is 26.3 Å². The second-order valence-corrected chi connectivity index (χ2v) is 8.28. The molecule has 1 fully saturated rings. The summed E-state index contributed by atoms with van der Waals surface area (Å²) in [5.41, 5.74) is -2.13. The van der Waals surface area contributed by atoms with Crippen molar-refractivity contribution in [2.45, 2.75) is 37.0 Å². The largest absolute Gasteiger partial charge is 0.496 e. The maximum atomic E-state index is 13.7. The number of piperidine rings is 1. The van der Waals surface area contributed by atoms with E-state index in [1.54, 1.807) is 24.3 Å². The molecule has 0 spiro atoms. The van der Waals surface area contributed by atoms with Crippen LogP contribution in [0.2, 0.25) is 0 Å². The Morgan fingerprint density at radius 3 is 2.30 bits per heavy atom. The van der Waals surface area contributed by atoms with Crippen molar-refractivity contribution in [3.63, 3.8) is 0 Å². The van der Waals surface area contributed by atoms with Gasteiger partial charge in [0.25, 0.3) is 0 Å². The summed E-state index contributed by atoms with van der Waals surface area (Å²) < 4.78 is 87.1. The van der Waals surface area contributed by atoms with Crippen molar-refractivity contribution < 1.29 is 36.2 Å². The maximum absolute atomic E-state index is 13.7. The molecule has 0 aromatic heterocycles. The van der Waals surface area contributed by atoms with Crippen molar-refractivity contribution in [1.29, 1.82) is 0 Å². The van der Waals surface area contributed by atoms with Gasteiger partial charge in [-0.1, -0.05) is 48.5 Å². The fourth-order valence-corrected chi connectivity index (χ4v) is 4.21. The van der Waals surface area contributed by atoms with Crippen LogP contribution in [-0.2, 0) is 6.54 Å². The molecule has 33 heavy (non-hydrogen) atoms. The topological polar surface area (TPSA) is 44.7 Å². The van der Waals surface area contributed by atoms with Crippen molar-refractivity contribution in [2.24, 2.45) is 5.92 Å². The first kappa shape index (κ1) is 25.3. The third-order valence-corrected chi connectivity index (χ3v) is 5.94. The summed E-state index contributed by atoms with van der Waals surface area (Å²) in [7, 11) is 1.38. The van der Waals surface area contributed by atoms with Gasteiger partial charge in [0.2, 0.25) is 0 Å². The highest BCUT2D eigenvalue weighted by atomic mass is 19.4. The minimum absolute atomic E-state index is 0.0494. The summed E-state index contributed by atoms with van der Waals surface area (Å²) in [4.78, 5) is 1.06. The van der Waals surface area contributed by atoms with Gasteiger partial charge in [0.15, 0.2) is 5.60 Å². The highest BCUT2D eigenvalue weighted by Crippen LogP contribution is 2.46. The number of alkyl halides is 6. The Morgan fingerprint density at radius 1 is 1.06 bits per heavy atom. The number of halogens is 6. The molecule has 3 atom stereocenters. The number of methoxy groups -OCH3 is 1. The minimum Gasteiger partial charge on any atom is -0.496 e. The van der Waals surface area contributed by atoms with Crippen LogP contribution in [0.15, 0.2) is 54.6 Å². The lowest BCUT2D eigenvalue weighted by Gasteiger charge is -2.47. The summed E-state index contributed by atoms with van der Waals surface area (Å²) in [5, 5.41) is 13.4. The van der Waals surface area contributed by atoms with E-state index in [-0.39, 0.29) is 6.54 Å². The lowest BCUT2D eigenvalue weighted by Crippen LogP contribution is -2.62. The molecular weight excluding hydrogens is 450 g/mol. The number of rotatable bonds is 7. The molecule has 0 aliphatic carbocycles. The molecule has 0 radical (unpaired) electrons. The van der Waals surface area contributed by atoms with E-state index in [9.17, 15) is 31.4 Å². The molecule has 10 heteroatoms. The summed E-state index contributed by atoms with van der Waals surface area (Å²) in [6.45, 7) is -1.23. The fourth-order valence-electron chi connectivity index (χ4n) is 4.21. The molecule has 1 heterocycles. The highest BCUT2D eigenvalue weighted by molar-refractivity contribution is 5.36. The average Bonchev–Trinajstić information content (AvgIpc) is 2.76. The first-order valence-electron chi connectivity index (χ1n) is 10.4. The average molecular weight is 476 g/mol. The number of β-amino-alcohol motifs (C(OH)–C–C–N with tert-alkyl or cyclic N) is 1. The normalized spacial score (nSPS) is 23.3. The van der Waals surface area contributed by atoms with Crippen LogP contribution in [0.4, 0.5) is 26.3 Å². The summed E-state index contributed by atoms with van der Waals surface area (Å²) in [6, 6.07) is 14.8. The molecule has 3 unspecified atom stereocenters. The SMILES string of the molecule is COc1ccccc1C(CNCc1ccccc1)N1CC(C(F)(F)F)CC(O)(C(F)(F)F)C1. The van der Waals surface area contributed by atoms with Crippen LogP contribution < -0.4 is 10.1 Å². The van der Waals surface area contributed by atoms with Crippen LogP contribution in [0.1, 0.15) is 23.6 Å². The standard InChI is InChI=1S/C23H26F6N2O2/c1-33-20-10-6-5-9-18(20)19(13-30-12-16-7-3-2-4-8-16)31-14-17(22(24,25)26)11-21(32,15-31)23(27,28)29/h2-10,17,19,30,32H,11-15H2,1H3. The van der Waals surface area contributed by atoms with Crippen molar-refractivity contribution in [3.05, 3.63) is 65.7 Å². The van der Waals surface area contributed by atoms with Gasteiger partial charge in [-0.25, -0.2) is 0 Å². The van der Waals surface area contributed by atoms with Gasteiger partial charge >= 0.3 is 12.4 Å². The molecule has 1 aliphatic rings. The molecule has 0 amide bonds. The zero-order valence-electron chi connectivity index (χ0n) is 18.0. The lowest BCUT2D eigenvalue weighted by molar-refractivity contribution is -0.300. The Balaban J connectivity index is 1.94. The van der Waals surface area contributed by atoms with E-state index in [0.717, 1.165) is 10.5 Å². The quantitative estimate of drug-likeness (QED) is 0.569. The van der Waals surface area contributed by atoms with Crippen molar-refractivity contribution in [2.75, 3.05) is 26.7 Å². The third-order valence-electron chi connectivity index (χ3n) is 5.94. The number of likely N-dealkylation sites (tertiary alicyclic amines) is 1. The van der Waals surface area contributed by atoms with Crippen molar-refractivity contribution in [3.8, 4) is 5.75 Å². The Kier molecular flexibility index (Phi) is 7.60. The van der Waals surface area contributed by atoms with Crippen LogP contribution in [-0.4, -0.2) is 54.7 Å². The number of hydrogen-bond acceptors (Lipinski definition) is 4. The number of para-hydroxylation sites is 1. The number of aliphatic hydroxyl groups is 1. The molecule has 2 aromatic rings. The zero-order valence-corrected chi connectivity index (χ0v) is 18.0. The predicted molar refractivity (Wildman–Crippen MR) is 111 cm³/mol. The molecule has 1 aliphatic heterocycles. The number of ether oxygens (including phenoxy) is 1. The highest BCUT2D eigenvalue weighted by Gasteiger charge is 2.61. The molecule has 0 bridgehead atoms. The van der Waals surface area contributed by atoms with E-state index in [2.05, 4.69) is 5.32 Å². The predicted octanol–water partition coefficient (Wildman–Crippen LogP) is 4.70. The molecule has 2 N–H and O–H groups in total. The third kappa shape index (κ3) is 5.99. The van der Waals surface area contributed by atoms with Crippen molar-refractivity contribution in [1.82, 2.24) is 10.2 Å². The number of benzene rings is 2. The first-order valence-corrected chi connectivity index (χ1v) is 10.4. The number of nitrogens with zero attached hydrogens (tertiary/aromatic N) is 1. The van der Waals surface area contributed by atoms with Crippen LogP contribution in [0, 0.1) is 5.92 Å². The second kappa shape index (κ2) is 9.90. The first-order chi connectivity index (χ1) is 15.4. The van der Waals surface area contributed by atoms with Gasteiger partial charge in [-0.3, -0.25) is 4.90 Å². The fraction of sp³-hybridized carbons (Fsp3) is 0.478. The van der Waals surface area contributed by atoms with Crippen LogP contribution >= 0.6 is 0 Å². The number of hydrogen-bond donors (Lipinski definition) is 2. The van der Waals surface area contributed by atoms with Gasteiger partial charge in [0.1, 0.15) is 5.75 Å². The smallest absolute Gasteiger partial charge is 0.418 e. The van der Waals surface area contributed by atoms with Gasteiger partial charge in [0, 0.05) is 31.7 Å². The minimum atomic E-state index is -5.21. The second-order valence-electron chi connectivity index (χ2n) is 8.28. The van der Waals surface area contributed by atoms with E-state index in [0.29, 0.717) is 17.9 Å². The van der Waals surface area contributed by atoms with Gasteiger partial charge in [-0.05, 0) is 18.1 Å². The number of nitrogens with one attached hydrogen (secondary N) is 1. The Morgan fingerprint density at radius 2 is 1.70 bits per heavy atom. The van der Waals surface area contributed by atoms with Crippen LogP contribution in [0.5, 0.6) is 5.75 Å². The molecule has 1 saturated heterocycles. The monoisotopic (exact) mass is 476 g/mol. The van der Waals surface area contributed by atoms with Gasteiger partial charge < -0.3 is 15.2 Å². The Labute approximate surface area is 188 Å². The lowest BCUT2D eigenvalue weighted by atomic mass is 9.83. The zero-order chi connectivity index (χ0) is 24.3. The summed E-state index contributed by atoms with van der Waals surface area (Å²) >= 11 is 0. The van der Waals surface area contributed by atoms with Gasteiger partial charge in [0.05, 0.1) is 19.1 Å². The molecule has 0 saturated carbocycles. The van der Waals surface area contributed by atoms with Crippen molar-refractivity contribution >= 4 is 0 Å². The van der Waals surface area contributed by atoms with Gasteiger partial charge in [-0.15, -0.1) is 0 Å². The Hall–Kier alpha value is -2.30. The van der Waals surface area contributed by atoms with E-state index >= 15 is 0 Å².